The van der Waals surface area contributed by atoms with Crippen molar-refractivity contribution in [2.24, 2.45) is 0 Å². The van der Waals surface area contributed by atoms with Crippen LogP contribution in [0.5, 0.6) is 0 Å². The fraction of sp³-hybridized carbons (Fsp3) is 0.571. The van der Waals surface area contributed by atoms with Gasteiger partial charge in [0.05, 0.1) is 0 Å². The molecule has 0 unspecified atom stereocenters. The van der Waals surface area contributed by atoms with Crippen molar-refractivity contribution in [3.63, 3.8) is 0 Å². The van der Waals surface area contributed by atoms with Crippen LogP contribution in [0.25, 0.3) is 0 Å². The molecular formula is C14H21N2. The van der Waals surface area contributed by atoms with E-state index < -0.39 is 0 Å². The molecule has 1 heterocycles. The summed E-state index contributed by atoms with van der Waals surface area (Å²) in [4.78, 5) is 4.95. The second kappa shape index (κ2) is 5.35. The first-order valence-corrected chi connectivity index (χ1v) is 6.22. The topological polar surface area (TPSA) is 6.48 Å². The first kappa shape index (κ1) is 11.5. The molecule has 2 rings (SSSR count). The van der Waals surface area contributed by atoms with E-state index in [4.69, 9.17) is 0 Å². The van der Waals surface area contributed by atoms with Gasteiger partial charge in [0.15, 0.2) is 0 Å². The molecular weight excluding hydrogens is 196 g/mol. The number of rotatable bonds is 3. The van der Waals surface area contributed by atoms with Crippen molar-refractivity contribution in [1.82, 2.24) is 4.90 Å². The Balaban J connectivity index is 1.94. The number of hydrogen-bond acceptors (Lipinski definition) is 2. The summed E-state index contributed by atoms with van der Waals surface area (Å²) in [5.74, 6) is 0. The van der Waals surface area contributed by atoms with E-state index in [9.17, 15) is 0 Å². The minimum absolute atomic E-state index is 0.699. The summed E-state index contributed by atoms with van der Waals surface area (Å²) >= 11 is 0. The van der Waals surface area contributed by atoms with Crippen LogP contribution >= 0.6 is 0 Å². The average Bonchev–Trinajstić information content (AvgIpc) is 2.39. The van der Waals surface area contributed by atoms with Gasteiger partial charge in [-0.1, -0.05) is 19.1 Å². The molecule has 2 heteroatoms. The lowest BCUT2D eigenvalue weighted by Crippen LogP contribution is -2.43. The predicted molar refractivity (Wildman–Crippen MR) is 68.8 cm³/mol. The van der Waals surface area contributed by atoms with Gasteiger partial charge in [0, 0.05) is 31.9 Å². The first-order chi connectivity index (χ1) is 7.81. The van der Waals surface area contributed by atoms with Crippen molar-refractivity contribution < 1.29 is 0 Å². The zero-order valence-electron chi connectivity index (χ0n) is 10.3. The molecule has 1 saturated heterocycles. The van der Waals surface area contributed by atoms with Crippen molar-refractivity contribution in [2.45, 2.75) is 25.8 Å². The van der Waals surface area contributed by atoms with Gasteiger partial charge in [-0.25, -0.2) is 0 Å². The van der Waals surface area contributed by atoms with Gasteiger partial charge in [0.25, 0.3) is 0 Å². The molecule has 2 nitrogen and oxygen atoms in total. The number of hydrogen-bond donors (Lipinski definition) is 0. The quantitative estimate of drug-likeness (QED) is 0.767. The molecule has 1 radical (unpaired) electrons. The Morgan fingerprint density at radius 3 is 2.50 bits per heavy atom. The molecule has 1 fully saturated rings. The summed E-state index contributed by atoms with van der Waals surface area (Å²) < 4.78 is 0. The largest absolute Gasteiger partial charge is 0.372 e. The Bertz CT molecular complexity index is 302. The predicted octanol–water partition coefficient (Wildman–Crippen LogP) is 2.41. The molecule has 1 aliphatic heterocycles. The molecule has 0 saturated carbocycles. The van der Waals surface area contributed by atoms with Crippen LogP contribution in [0.3, 0.4) is 0 Å². The van der Waals surface area contributed by atoms with Gasteiger partial charge < -0.3 is 9.80 Å². The number of nitrogens with zero attached hydrogens (tertiary/aromatic N) is 2. The minimum atomic E-state index is 0.699. The van der Waals surface area contributed by atoms with Crippen LogP contribution in [0.15, 0.2) is 24.3 Å². The monoisotopic (exact) mass is 217 g/mol. The van der Waals surface area contributed by atoms with Crippen LogP contribution < -0.4 is 4.90 Å². The van der Waals surface area contributed by atoms with Crippen LogP contribution in [0, 0.1) is 6.07 Å². The summed E-state index contributed by atoms with van der Waals surface area (Å²) in [5, 5.41) is 0. The Kier molecular flexibility index (Phi) is 3.83. The molecule has 0 N–H and O–H groups in total. The minimum Gasteiger partial charge on any atom is -0.372 e. The van der Waals surface area contributed by atoms with Crippen molar-refractivity contribution >= 4 is 5.69 Å². The SMILES string of the molecule is CCN1CCC(N(C)c2cc[c]cc2)CC1. The molecule has 16 heavy (non-hydrogen) atoms. The Morgan fingerprint density at radius 1 is 1.31 bits per heavy atom. The Morgan fingerprint density at radius 2 is 1.94 bits per heavy atom. The van der Waals surface area contributed by atoms with E-state index in [0.29, 0.717) is 6.04 Å². The first-order valence-electron chi connectivity index (χ1n) is 6.22. The second-order valence-corrected chi connectivity index (χ2v) is 4.53. The maximum atomic E-state index is 3.07. The summed E-state index contributed by atoms with van der Waals surface area (Å²) in [6.07, 6.45) is 2.56. The molecule has 0 aromatic heterocycles. The molecule has 87 valence electrons. The van der Waals surface area contributed by atoms with Gasteiger partial charge in [-0.3, -0.25) is 0 Å². The number of benzene rings is 1. The molecule has 0 atom stereocenters. The number of piperidine rings is 1. The third-order valence-electron chi connectivity index (χ3n) is 3.66. The van der Waals surface area contributed by atoms with Crippen LogP contribution in [-0.4, -0.2) is 37.6 Å². The van der Waals surface area contributed by atoms with Gasteiger partial charge >= 0.3 is 0 Å². The van der Waals surface area contributed by atoms with Crippen molar-refractivity contribution in [2.75, 3.05) is 31.6 Å². The maximum absolute atomic E-state index is 3.07. The summed E-state index contributed by atoms with van der Waals surface area (Å²) in [6, 6.07) is 12.0. The standard InChI is InChI=1S/C14H21N2/c1-3-16-11-9-14(10-12-16)15(2)13-7-5-4-6-8-13/h5-8,14H,3,9-12H2,1-2H3. The van der Waals surface area contributed by atoms with Crippen LogP contribution in [-0.2, 0) is 0 Å². The van der Waals surface area contributed by atoms with E-state index >= 15 is 0 Å². The van der Waals surface area contributed by atoms with Crippen LogP contribution in [0.1, 0.15) is 19.8 Å². The Labute approximate surface area is 98.9 Å². The molecule has 0 spiro atoms. The lowest BCUT2D eigenvalue weighted by Gasteiger charge is -2.37. The normalized spacial score (nSPS) is 18.6. The zero-order chi connectivity index (χ0) is 11.4. The Hall–Kier alpha value is -1.02. The van der Waals surface area contributed by atoms with E-state index in [0.717, 1.165) is 0 Å². The van der Waals surface area contributed by atoms with Gasteiger partial charge in [0.1, 0.15) is 0 Å². The van der Waals surface area contributed by atoms with Gasteiger partial charge in [-0.05, 0) is 37.6 Å². The highest BCUT2D eigenvalue weighted by molar-refractivity contribution is 5.45. The van der Waals surface area contributed by atoms with Crippen molar-refractivity contribution in [3.05, 3.63) is 30.3 Å². The second-order valence-electron chi connectivity index (χ2n) is 4.53. The molecule has 1 aromatic rings. The fourth-order valence-electron chi connectivity index (χ4n) is 2.45. The van der Waals surface area contributed by atoms with Crippen LogP contribution in [0.4, 0.5) is 5.69 Å². The molecule has 0 bridgehead atoms. The van der Waals surface area contributed by atoms with E-state index in [1.54, 1.807) is 0 Å². The zero-order valence-corrected chi connectivity index (χ0v) is 10.3. The van der Waals surface area contributed by atoms with Gasteiger partial charge in [-0.15, -0.1) is 0 Å². The molecule has 1 aromatic carbocycles. The summed E-state index contributed by atoms with van der Waals surface area (Å²) in [5.41, 5.74) is 1.31. The smallest absolute Gasteiger partial charge is 0.0366 e. The summed E-state index contributed by atoms with van der Waals surface area (Å²) in [7, 11) is 2.21. The molecule has 0 aliphatic carbocycles. The average molecular weight is 217 g/mol. The fourth-order valence-corrected chi connectivity index (χ4v) is 2.45. The lowest BCUT2D eigenvalue weighted by atomic mass is 10.0. The maximum Gasteiger partial charge on any atom is 0.0366 e. The van der Waals surface area contributed by atoms with Crippen LogP contribution in [0.2, 0.25) is 0 Å². The van der Waals surface area contributed by atoms with E-state index in [1.165, 1.54) is 38.2 Å². The van der Waals surface area contributed by atoms with Crippen molar-refractivity contribution in [1.29, 1.82) is 0 Å². The van der Waals surface area contributed by atoms with Crippen molar-refractivity contribution in [3.8, 4) is 0 Å². The number of anilines is 1. The van der Waals surface area contributed by atoms with E-state index in [-0.39, 0.29) is 0 Å². The van der Waals surface area contributed by atoms with E-state index in [1.807, 2.05) is 12.1 Å². The lowest BCUT2D eigenvalue weighted by molar-refractivity contribution is 0.221. The third kappa shape index (κ3) is 2.56. The van der Waals surface area contributed by atoms with E-state index in [2.05, 4.69) is 42.0 Å². The van der Waals surface area contributed by atoms with Gasteiger partial charge in [0.2, 0.25) is 0 Å². The highest BCUT2D eigenvalue weighted by Gasteiger charge is 2.21. The number of likely N-dealkylation sites (tertiary alicyclic amines) is 1. The molecule has 1 aliphatic rings. The summed E-state index contributed by atoms with van der Waals surface area (Å²) in [6.45, 7) is 5.92. The highest BCUT2D eigenvalue weighted by Crippen LogP contribution is 2.21. The van der Waals surface area contributed by atoms with Gasteiger partial charge in [-0.2, -0.15) is 0 Å². The molecule has 0 amide bonds. The highest BCUT2D eigenvalue weighted by atomic mass is 15.2. The third-order valence-corrected chi connectivity index (χ3v) is 3.66.